The zero-order valence-corrected chi connectivity index (χ0v) is 16.4. The van der Waals surface area contributed by atoms with Gasteiger partial charge in [-0.1, -0.05) is 36.4 Å². The summed E-state index contributed by atoms with van der Waals surface area (Å²) in [5.74, 6) is 0.213. The van der Waals surface area contributed by atoms with Crippen LogP contribution in [0.1, 0.15) is 34.3 Å². The maximum absolute atomic E-state index is 12.4. The summed E-state index contributed by atoms with van der Waals surface area (Å²) in [4.78, 5) is 31.8. The molecule has 1 aromatic heterocycles. The van der Waals surface area contributed by atoms with Crippen molar-refractivity contribution in [3.05, 3.63) is 81.8 Å². The number of anilines is 1. The molecule has 0 bridgehead atoms. The number of rotatable bonds is 7. The van der Waals surface area contributed by atoms with Gasteiger partial charge in [0.25, 0.3) is 11.5 Å². The van der Waals surface area contributed by atoms with E-state index in [1.165, 1.54) is 5.56 Å². The van der Waals surface area contributed by atoms with Crippen molar-refractivity contribution in [3.8, 4) is 11.3 Å². The van der Waals surface area contributed by atoms with Gasteiger partial charge in [-0.2, -0.15) is 0 Å². The van der Waals surface area contributed by atoms with Crippen LogP contribution in [-0.2, 0) is 6.42 Å². The minimum atomic E-state index is -0.262. The van der Waals surface area contributed by atoms with Crippen molar-refractivity contribution >= 4 is 11.7 Å². The van der Waals surface area contributed by atoms with Gasteiger partial charge in [0.2, 0.25) is 0 Å². The molecule has 0 aliphatic heterocycles. The van der Waals surface area contributed by atoms with E-state index in [0.29, 0.717) is 23.8 Å². The Balaban J connectivity index is 1.53. The minimum absolute atomic E-state index is 0.0700. The Labute approximate surface area is 169 Å². The topological polar surface area (TPSA) is 86.9 Å². The first-order chi connectivity index (χ1) is 14.1. The van der Waals surface area contributed by atoms with E-state index in [2.05, 4.69) is 32.7 Å². The molecule has 0 saturated heterocycles. The van der Waals surface area contributed by atoms with Crippen LogP contribution in [0.2, 0.25) is 0 Å². The Hall–Kier alpha value is -3.41. The number of carbonyl (C=O) groups is 1. The summed E-state index contributed by atoms with van der Waals surface area (Å²) in [5.41, 5.74) is 3.98. The van der Waals surface area contributed by atoms with E-state index in [0.717, 1.165) is 30.4 Å². The first kappa shape index (κ1) is 18.9. The molecule has 4 rings (SSSR count). The van der Waals surface area contributed by atoms with Crippen LogP contribution >= 0.6 is 0 Å². The van der Waals surface area contributed by atoms with Crippen LogP contribution in [-0.4, -0.2) is 28.5 Å². The van der Waals surface area contributed by atoms with Crippen molar-refractivity contribution < 1.29 is 4.79 Å². The summed E-state index contributed by atoms with van der Waals surface area (Å²) in [7, 11) is 0. The van der Waals surface area contributed by atoms with Crippen molar-refractivity contribution in [2.75, 3.05) is 11.9 Å². The number of amides is 1. The lowest BCUT2D eigenvalue weighted by atomic mass is 10.0. The van der Waals surface area contributed by atoms with Gasteiger partial charge >= 0.3 is 0 Å². The van der Waals surface area contributed by atoms with Gasteiger partial charge in [-0.15, -0.1) is 0 Å². The second kappa shape index (κ2) is 8.31. The van der Waals surface area contributed by atoms with Gasteiger partial charge < -0.3 is 15.6 Å². The van der Waals surface area contributed by atoms with E-state index in [1.807, 2.05) is 43.3 Å². The number of aromatic nitrogens is 2. The Morgan fingerprint density at radius 2 is 1.97 bits per heavy atom. The largest absolute Gasteiger partial charge is 0.365 e. The van der Waals surface area contributed by atoms with E-state index in [4.69, 9.17) is 0 Å². The zero-order chi connectivity index (χ0) is 20.2. The highest BCUT2D eigenvalue weighted by Crippen LogP contribution is 2.24. The van der Waals surface area contributed by atoms with Crippen LogP contribution in [0.25, 0.3) is 11.3 Å². The lowest BCUT2D eigenvalue weighted by Gasteiger charge is -2.11. The normalized spacial score (nSPS) is 13.1. The molecule has 1 amide bonds. The predicted molar refractivity (Wildman–Crippen MR) is 114 cm³/mol. The highest BCUT2D eigenvalue weighted by molar-refractivity contribution is 5.96. The van der Waals surface area contributed by atoms with Crippen LogP contribution in [0, 0.1) is 6.92 Å². The Kier molecular flexibility index (Phi) is 5.42. The lowest BCUT2D eigenvalue weighted by molar-refractivity contribution is 0.0951. The summed E-state index contributed by atoms with van der Waals surface area (Å²) >= 11 is 0. The molecule has 1 aliphatic carbocycles. The second-order valence-electron chi connectivity index (χ2n) is 7.40. The molecule has 0 unspecified atom stereocenters. The third-order valence-electron chi connectivity index (χ3n) is 5.02. The SMILES string of the molecule is Cc1ccc(C(=O)NC2CC2)cc1-c1c[nH]c(=O)c(NCCc2ccccc2)n1. The van der Waals surface area contributed by atoms with Crippen molar-refractivity contribution in [3.63, 3.8) is 0 Å². The number of benzene rings is 2. The molecule has 6 heteroatoms. The molecule has 3 aromatic rings. The van der Waals surface area contributed by atoms with E-state index < -0.39 is 0 Å². The van der Waals surface area contributed by atoms with Crippen molar-refractivity contribution in [1.82, 2.24) is 15.3 Å². The average Bonchev–Trinajstić information content (AvgIpc) is 3.54. The summed E-state index contributed by atoms with van der Waals surface area (Å²) in [5, 5.41) is 6.13. The van der Waals surface area contributed by atoms with Gasteiger partial charge in [-0.25, -0.2) is 4.98 Å². The summed E-state index contributed by atoms with van der Waals surface area (Å²) in [6, 6.07) is 15.9. The van der Waals surface area contributed by atoms with Crippen molar-refractivity contribution in [2.45, 2.75) is 32.2 Å². The van der Waals surface area contributed by atoms with Crippen molar-refractivity contribution in [1.29, 1.82) is 0 Å². The molecule has 148 valence electrons. The molecule has 0 atom stereocenters. The maximum atomic E-state index is 12.4. The highest BCUT2D eigenvalue weighted by Gasteiger charge is 2.24. The molecular formula is C23H24N4O2. The molecule has 1 saturated carbocycles. The van der Waals surface area contributed by atoms with Gasteiger partial charge in [-0.3, -0.25) is 9.59 Å². The molecule has 0 spiro atoms. The molecule has 1 aliphatic rings. The molecule has 0 radical (unpaired) electrons. The number of aromatic amines is 1. The monoisotopic (exact) mass is 388 g/mol. The molecule has 29 heavy (non-hydrogen) atoms. The molecule has 3 N–H and O–H groups in total. The van der Waals surface area contributed by atoms with Gasteiger partial charge in [0.1, 0.15) is 0 Å². The zero-order valence-electron chi connectivity index (χ0n) is 16.4. The Morgan fingerprint density at radius 1 is 1.17 bits per heavy atom. The third-order valence-corrected chi connectivity index (χ3v) is 5.02. The predicted octanol–water partition coefficient (Wildman–Crippen LogP) is 3.29. The van der Waals surface area contributed by atoms with Gasteiger partial charge in [0, 0.05) is 29.9 Å². The number of aryl methyl sites for hydroxylation is 1. The Bertz CT molecular complexity index is 1070. The number of hydrogen-bond donors (Lipinski definition) is 3. The van der Waals surface area contributed by atoms with E-state index >= 15 is 0 Å². The highest BCUT2D eigenvalue weighted by atomic mass is 16.1. The van der Waals surface area contributed by atoms with E-state index in [9.17, 15) is 9.59 Å². The summed E-state index contributed by atoms with van der Waals surface area (Å²) in [6.45, 7) is 2.57. The average molecular weight is 388 g/mol. The fourth-order valence-electron chi connectivity index (χ4n) is 3.17. The lowest BCUT2D eigenvalue weighted by Crippen LogP contribution is -2.25. The van der Waals surface area contributed by atoms with E-state index in [1.54, 1.807) is 6.20 Å². The number of hydrogen-bond acceptors (Lipinski definition) is 4. The first-order valence-corrected chi connectivity index (χ1v) is 9.89. The van der Waals surface area contributed by atoms with Crippen LogP contribution in [0.5, 0.6) is 0 Å². The number of nitrogens with one attached hydrogen (secondary N) is 3. The smallest absolute Gasteiger partial charge is 0.290 e. The number of nitrogens with zero attached hydrogens (tertiary/aromatic N) is 1. The maximum Gasteiger partial charge on any atom is 0.290 e. The van der Waals surface area contributed by atoms with Crippen molar-refractivity contribution in [2.24, 2.45) is 0 Å². The second-order valence-corrected chi connectivity index (χ2v) is 7.40. The fourth-order valence-corrected chi connectivity index (χ4v) is 3.17. The van der Waals surface area contributed by atoms with Crippen LogP contribution in [0.4, 0.5) is 5.82 Å². The summed E-state index contributed by atoms with van der Waals surface area (Å²) in [6.07, 6.45) is 4.48. The molecule has 6 nitrogen and oxygen atoms in total. The first-order valence-electron chi connectivity index (χ1n) is 9.89. The standard InChI is InChI=1S/C23H24N4O2/c1-15-7-8-17(22(28)26-18-9-10-18)13-19(15)20-14-25-23(29)21(27-20)24-12-11-16-5-3-2-4-6-16/h2-8,13-14,18H,9-12H2,1H3,(H,24,27)(H,25,29)(H,26,28). The van der Waals surface area contributed by atoms with Gasteiger partial charge in [-0.05, 0) is 49.4 Å². The molecule has 1 fully saturated rings. The third kappa shape index (κ3) is 4.71. The molecular weight excluding hydrogens is 364 g/mol. The van der Waals surface area contributed by atoms with Gasteiger partial charge in [0.15, 0.2) is 5.82 Å². The minimum Gasteiger partial charge on any atom is -0.365 e. The fraction of sp³-hybridized carbons (Fsp3) is 0.261. The molecule has 1 heterocycles. The van der Waals surface area contributed by atoms with Crippen LogP contribution in [0.15, 0.2) is 59.5 Å². The van der Waals surface area contributed by atoms with Crippen LogP contribution in [0.3, 0.4) is 0 Å². The Morgan fingerprint density at radius 3 is 2.72 bits per heavy atom. The van der Waals surface area contributed by atoms with E-state index in [-0.39, 0.29) is 17.3 Å². The van der Waals surface area contributed by atoms with Crippen LogP contribution < -0.4 is 16.2 Å². The summed E-state index contributed by atoms with van der Waals surface area (Å²) < 4.78 is 0. The quantitative estimate of drug-likeness (QED) is 0.580. The van der Waals surface area contributed by atoms with Gasteiger partial charge in [0.05, 0.1) is 5.69 Å². The molecule has 2 aromatic carbocycles. The number of carbonyl (C=O) groups excluding carboxylic acids is 1. The number of H-pyrrole nitrogens is 1.